The van der Waals surface area contributed by atoms with Crippen molar-refractivity contribution in [2.45, 2.75) is 24.9 Å². The van der Waals surface area contributed by atoms with E-state index in [0.29, 0.717) is 68.4 Å². The Morgan fingerprint density at radius 2 is 1.80 bits per heavy atom. The number of hydrogen-bond donors (Lipinski definition) is 2. The van der Waals surface area contributed by atoms with Crippen LogP contribution in [0.5, 0.6) is 11.5 Å². The van der Waals surface area contributed by atoms with Gasteiger partial charge in [-0.2, -0.15) is 4.98 Å². The van der Waals surface area contributed by atoms with E-state index in [9.17, 15) is 4.57 Å². The van der Waals surface area contributed by atoms with E-state index in [-0.39, 0.29) is 0 Å². The van der Waals surface area contributed by atoms with Gasteiger partial charge in [-0.25, -0.2) is 4.98 Å². The van der Waals surface area contributed by atoms with Gasteiger partial charge in [-0.15, -0.1) is 0 Å². The third-order valence-electron chi connectivity index (χ3n) is 9.16. The Balaban J connectivity index is 1.12. The van der Waals surface area contributed by atoms with Gasteiger partial charge in [0.05, 0.1) is 45.5 Å². The van der Waals surface area contributed by atoms with Crippen LogP contribution in [0.4, 0.5) is 28.8 Å². The Kier molecular flexibility index (Phi) is 8.52. The lowest BCUT2D eigenvalue weighted by molar-refractivity contribution is 0.0822. The van der Waals surface area contributed by atoms with Crippen molar-refractivity contribution in [3.05, 3.63) is 47.3 Å². The molecule has 0 amide bonds. The third kappa shape index (κ3) is 6.13. The second-order valence-electron chi connectivity index (χ2n) is 12.6. The van der Waals surface area contributed by atoms with E-state index < -0.39 is 7.14 Å². The molecule has 0 bridgehead atoms. The molecular weight excluding hydrogens is 669 g/mol. The summed E-state index contributed by atoms with van der Waals surface area (Å²) in [5, 5.41) is 7.31. The molecular formula is C32H39BrN9O3P. The number of ether oxygens (including phenoxy) is 2. The van der Waals surface area contributed by atoms with Crippen LogP contribution in [0.2, 0.25) is 0 Å². The summed E-state index contributed by atoms with van der Waals surface area (Å²) in [7, 11) is 1.13. The zero-order chi connectivity index (χ0) is 32.0. The third-order valence-corrected chi connectivity index (χ3v) is 11.3. The van der Waals surface area contributed by atoms with Crippen LogP contribution in [0.15, 0.2) is 47.3 Å². The Labute approximate surface area is 277 Å². The first kappa shape index (κ1) is 31.1. The second kappa shape index (κ2) is 12.6. The minimum Gasteiger partial charge on any atom is -0.494 e. The van der Waals surface area contributed by atoms with Gasteiger partial charge in [0.15, 0.2) is 0 Å². The van der Waals surface area contributed by atoms with E-state index in [0.717, 1.165) is 57.0 Å². The lowest BCUT2D eigenvalue weighted by atomic mass is 9.93. The number of piperidine rings is 1. The van der Waals surface area contributed by atoms with Crippen LogP contribution in [0.3, 0.4) is 0 Å². The molecule has 2 fully saturated rings. The summed E-state index contributed by atoms with van der Waals surface area (Å²) in [6, 6.07) is 8.68. The molecule has 0 spiro atoms. The van der Waals surface area contributed by atoms with Crippen molar-refractivity contribution in [3.63, 3.8) is 0 Å². The molecule has 2 aromatic carbocycles. The van der Waals surface area contributed by atoms with Crippen molar-refractivity contribution in [3.8, 4) is 11.5 Å². The number of hydrogen-bond acceptors (Lipinski definition) is 12. The van der Waals surface area contributed by atoms with E-state index in [1.165, 1.54) is 0 Å². The smallest absolute Gasteiger partial charge is 0.229 e. The predicted molar refractivity (Wildman–Crippen MR) is 187 cm³/mol. The molecule has 0 saturated carbocycles. The molecule has 2 aromatic heterocycles. The van der Waals surface area contributed by atoms with Gasteiger partial charge in [-0.1, -0.05) is 0 Å². The number of nitrogens with one attached hydrogen (secondary N) is 2. The fraction of sp³-hybridized carbons (Fsp3) is 0.438. The molecule has 2 saturated heterocycles. The van der Waals surface area contributed by atoms with Crippen molar-refractivity contribution in [2.75, 3.05) is 82.4 Å². The number of rotatable bonds is 7. The van der Waals surface area contributed by atoms with Gasteiger partial charge in [0.25, 0.3) is 0 Å². The summed E-state index contributed by atoms with van der Waals surface area (Å²) >= 11 is 3.57. The van der Waals surface area contributed by atoms with E-state index >= 15 is 0 Å². The summed E-state index contributed by atoms with van der Waals surface area (Å²) < 4.78 is 26.3. The Morgan fingerprint density at radius 3 is 2.59 bits per heavy atom. The van der Waals surface area contributed by atoms with Crippen molar-refractivity contribution in [1.82, 2.24) is 29.7 Å². The minimum atomic E-state index is -2.74. The van der Waals surface area contributed by atoms with Crippen LogP contribution < -0.4 is 30.3 Å². The predicted octanol–water partition coefficient (Wildman–Crippen LogP) is 4.90. The molecule has 242 valence electrons. The molecule has 0 unspecified atom stereocenters. The summed E-state index contributed by atoms with van der Waals surface area (Å²) in [6.07, 6.45) is 7.16. The standard InChI is InChI=1S/C32H39BrN9O3P/c1-40-11-13-41(14-12-40)20-7-10-42-21(15-20)19-45-28-16-25(27(44-2)17-26(28)42)38-32-36-18-22(33)31(39-32)37-24-6-5-23-29(35-9-8-34-23)30(24)46(3,4)43/h5-6,8-9,16-18,20-21H,7,10-15,19H2,1-4H3,(H2,36,37,38,39)/t20-,21+/m1/s1. The van der Waals surface area contributed by atoms with Gasteiger partial charge < -0.3 is 34.5 Å². The van der Waals surface area contributed by atoms with Crippen molar-refractivity contribution in [2.24, 2.45) is 0 Å². The number of methoxy groups -OCH3 is 1. The topological polar surface area (TPSA) is 121 Å². The molecule has 3 aliphatic rings. The van der Waals surface area contributed by atoms with Crippen LogP contribution in [0, 0.1) is 0 Å². The van der Waals surface area contributed by atoms with Crippen LogP contribution in [0.25, 0.3) is 11.0 Å². The van der Waals surface area contributed by atoms with Gasteiger partial charge >= 0.3 is 0 Å². The number of fused-ring (bicyclic) bond motifs is 4. The maximum atomic E-state index is 13.4. The number of nitrogens with zero attached hydrogens (tertiary/aromatic N) is 7. The molecule has 4 aromatic rings. The number of piperazine rings is 1. The zero-order valence-corrected chi connectivity index (χ0v) is 29.0. The highest BCUT2D eigenvalue weighted by Gasteiger charge is 2.37. The first-order valence-corrected chi connectivity index (χ1v) is 19.0. The highest BCUT2D eigenvalue weighted by Crippen LogP contribution is 2.45. The lowest BCUT2D eigenvalue weighted by Crippen LogP contribution is -2.57. The quantitative estimate of drug-likeness (QED) is 0.254. The van der Waals surface area contributed by atoms with Crippen LogP contribution in [0.1, 0.15) is 12.8 Å². The molecule has 2 atom stereocenters. The number of aromatic nitrogens is 4. The Morgan fingerprint density at radius 1 is 1.00 bits per heavy atom. The summed E-state index contributed by atoms with van der Waals surface area (Å²) in [6.45, 7) is 9.65. The lowest BCUT2D eigenvalue weighted by Gasteiger charge is -2.48. The second-order valence-corrected chi connectivity index (χ2v) is 16.6. The highest BCUT2D eigenvalue weighted by atomic mass is 79.9. The molecule has 2 N–H and O–H groups in total. The van der Waals surface area contributed by atoms with E-state index in [1.807, 2.05) is 18.2 Å². The van der Waals surface area contributed by atoms with Gasteiger partial charge in [0.2, 0.25) is 5.95 Å². The monoisotopic (exact) mass is 707 g/mol. The normalized spacial score (nSPS) is 20.5. The number of anilines is 5. The van der Waals surface area contributed by atoms with Crippen molar-refractivity contribution in [1.29, 1.82) is 0 Å². The van der Waals surface area contributed by atoms with E-state index in [2.05, 4.69) is 69.3 Å². The van der Waals surface area contributed by atoms with Crippen LogP contribution in [-0.2, 0) is 4.57 Å². The average molecular weight is 709 g/mol. The molecule has 0 radical (unpaired) electrons. The van der Waals surface area contributed by atoms with Gasteiger partial charge in [-0.05, 0) is 61.3 Å². The maximum absolute atomic E-state index is 13.4. The SMILES string of the molecule is COc1cc2c(cc1Nc1ncc(Br)c(Nc3ccc4nccnc4c3P(C)(C)=O)n1)OC[C@@H]1C[C@H](N3CCN(C)CC3)CCN21. The molecule has 46 heavy (non-hydrogen) atoms. The molecule has 3 aliphatic heterocycles. The minimum absolute atomic E-state index is 0.338. The number of benzene rings is 2. The zero-order valence-electron chi connectivity index (χ0n) is 26.5. The number of halogens is 1. The molecule has 7 rings (SSSR count). The van der Waals surface area contributed by atoms with Crippen molar-refractivity contribution >= 4 is 68.2 Å². The first-order chi connectivity index (χ1) is 22.2. The summed E-state index contributed by atoms with van der Waals surface area (Å²) in [4.78, 5) is 25.7. The Bertz CT molecular complexity index is 1810. The largest absolute Gasteiger partial charge is 0.494 e. The molecule has 5 heterocycles. The average Bonchev–Trinajstić information content (AvgIpc) is 3.05. The number of likely N-dealkylation sites (N-methyl/N-ethyl adjacent to an activating group) is 1. The first-order valence-electron chi connectivity index (χ1n) is 15.6. The maximum Gasteiger partial charge on any atom is 0.229 e. The van der Waals surface area contributed by atoms with E-state index in [1.54, 1.807) is 39.0 Å². The summed E-state index contributed by atoms with van der Waals surface area (Å²) in [5.74, 6) is 2.37. The van der Waals surface area contributed by atoms with Crippen molar-refractivity contribution < 1.29 is 14.0 Å². The van der Waals surface area contributed by atoms with Crippen LogP contribution in [-0.4, -0.2) is 109 Å². The van der Waals surface area contributed by atoms with Gasteiger partial charge in [0, 0.05) is 69.5 Å². The Hall–Kier alpha value is -3.51. The fourth-order valence-corrected chi connectivity index (χ4v) is 8.48. The molecule has 14 heteroatoms. The van der Waals surface area contributed by atoms with E-state index in [4.69, 9.17) is 14.5 Å². The summed E-state index contributed by atoms with van der Waals surface area (Å²) in [5.41, 5.74) is 3.70. The van der Waals surface area contributed by atoms with Crippen LogP contribution >= 0.6 is 23.1 Å². The fourth-order valence-electron chi connectivity index (χ4n) is 6.80. The van der Waals surface area contributed by atoms with Gasteiger partial charge in [0.1, 0.15) is 36.6 Å². The highest BCUT2D eigenvalue weighted by molar-refractivity contribution is 9.10. The molecule has 12 nitrogen and oxygen atoms in total. The molecule has 0 aliphatic carbocycles. The van der Waals surface area contributed by atoms with Gasteiger partial charge in [-0.3, -0.25) is 14.9 Å².